The van der Waals surface area contributed by atoms with Gasteiger partial charge in [0.15, 0.2) is 5.76 Å². The second-order valence-electron chi connectivity index (χ2n) is 5.19. The average Bonchev–Trinajstić information content (AvgIpc) is 2.92. The van der Waals surface area contributed by atoms with Crippen LogP contribution in [0.25, 0.3) is 11.0 Å². The maximum absolute atomic E-state index is 12.8. The molecule has 0 aliphatic rings. The van der Waals surface area contributed by atoms with E-state index in [0.29, 0.717) is 33.0 Å². The molecule has 3 rings (SSSR count). The molecule has 0 atom stereocenters. The Balaban J connectivity index is 2.16. The van der Waals surface area contributed by atoms with E-state index in [2.05, 4.69) is 5.32 Å². The summed E-state index contributed by atoms with van der Waals surface area (Å²) in [4.78, 5) is 24.3. The van der Waals surface area contributed by atoms with Crippen molar-refractivity contribution in [1.82, 2.24) is 0 Å². The number of carbonyl (C=O) groups is 2. The van der Waals surface area contributed by atoms with Gasteiger partial charge in [0, 0.05) is 22.9 Å². The van der Waals surface area contributed by atoms with E-state index in [1.165, 1.54) is 6.92 Å². The van der Waals surface area contributed by atoms with Crippen molar-refractivity contribution in [3.05, 3.63) is 58.8 Å². The minimum absolute atomic E-state index is 0.0655. The third-order valence-electron chi connectivity index (χ3n) is 3.51. The first-order valence-corrected chi connectivity index (χ1v) is 7.56. The highest BCUT2D eigenvalue weighted by atomic mass is 35.5. The summed E-state index contributed by atoms with van der Waals surface area (Å²) in [7, 11) is 1.54. The highest BCUT2D eigenvalue weighted by molar-refractivity contribution is 6.30. The number of amides is 1. The topological polar surface area (TPSA) is 68.5 Å². The molecule has 0 aliphatic carbocycles. The molecule has 6 heteroatoms. The number of ketones is 1. The van der Waals surface area contributed by atoms with Crippen LogP contribution >= 0.6 is 11.6 Å². The molecule has 0 unspecified atom stereocenters. The van der Waals surface area contributed by atoms with Gasteiger partial charge in [0.25, 0.3) is 0 Å². The zero-order chi connectivity index (χ0) is 17.3. The first-order chi connectivity index (χ1) is 11.5. The maximum atomic E-state index is 12.8. The van der Waals surface area contributed by atoms with Gasteiger partial charge in [-0.2, -0.15) is 0 Å². The summed E-state index contributed by atoms with van der Waals surface area (Å²) in [6, 6.07) is 11.6. The molecule has 3 aromatic rings. The molecule has 0 spiro atoms. The van der Waals surface area contributed by atoms with Crippen LogP contribution in [0.3, 0.4) is 0 Å². The maximum Gasteiger partial charge on any atom is 0.230 e. The number of hydrogen-bond donors (Lipinski definition) is 1. The molecule has 24 heavy (non-hydrogen) atoms. The largest absolute Gasteiger partial charge is 0.497 e. The van der Waals surface area contributed by atoms with Crippen LogP contribution in [0.5, 0.6) is 5.75 Å². The smallest absolute Gasteiger partial charge is 0.230 e. The summed E-state index contributed by atoms with van der Waals surface area (Å²) in [5.41, 5.74) is 1.23. The fraction of sp³-hybridized carbons (Fsp3) is 0.111. The van der Waals surface area contributed by atoms with E-state index >= 15 is 0 Å². The number of methoxy groups -OCH3 is 1. The van der Waals surface area contributed by atoms with Crippen LogP contribution in [0.15, 0.2) is 46.9 Å². The SMILES string of the molecule is COc1ccc2oc(C(=O)c3ccc(Cl)cc3)c(NC(C)=O)c2c1. The Labute approximate surface area is 143 Å². The van der Waals surface area contributed by atoms with E-state index in [0.717, 1.165) is 0 Å². The average molecular weight is 344 g/mol. The number of ether oxygens (including phenoxy) is 1. The molecule has 122 valence electrons. The van der Waals surface area contributed by atoms with Gasteiger partial charge in [0.05, 0.1) is 12.8 Å². The number of anilines is 1. The molecular weight excluding hydrogens is 330 g/mol. The third-order valence-corrected chi connectivity index (χ3v) is 3.76. The van der Waals surface area contributed by atoms with Gasteiger partial charge >= 0.3 is 0 Å². The van der Waals surface area contributed by atoms with Crippen molar-refractivity contribution < 1.29 is 18.7 Å². The quantitative estimate of drug-likeness (QED) is 0.718. The summed E-state index contributed by atoms with van der Waals surface area (Å²) >= 11 is 5.85. The number of halogens is 1. The van der Waals surface area contributed by atoms with Crippen molar-refractivity contribution in [3.8, 4) is 5.75 Å². The van der Waals surface area contributed by atoms with Gasteiger partial charge in [-0.05, 0) is 42.5 Å². The van der Waals surface area contributed by atoms with Crippen molar-refractivity contribution >= 4 is 39.9 Å². The number of nitrogens with one attached hydrogen (secondary N) is 1. The molecule has 5 nitrogen and oxygen atoms in total. The van der Waals surface area contributed by atoms with Gasteiger partial charge < -0.3 is 14.5 Å². The van der Waals surface area contributed by atoms with Gasteiger partial charge in [-0.3, -0.25) is 9.59 Å². The number of rotatable bonds is 4. The lowest BCUT2D eigenvalue weighted by molar-refractivity contribution is -0.114. The van der Waals surface area contributed by atoms with Crippen LogP contribution in [0.4, 0.5) is 5.69 Å². The summed E-state index contributed by atoms with van der Waals surface area (Å²) in [6.45, 7) is 1.37. The molecular formula is C18H14ClNO4. The Hall–Kier alpha value is -2.79. The van der Waals surface area contributed by atoms with Crippen LogP contribution in [0, 0.1) is 0 Å². The van der Waals surface area contributed by atoms with Gasteiger partial charge in [0.2, 0.25) is 11.7 Å². The summed E-state index contributed by atoms with van der Waals surface area (Å²) in [6.07, 6.45) is 0. The van der Waals surface area contributed by atoms with Gasteiger partial charge in [-0.25, -0.2) is 0 Å². The fourth-order valence-electron chi connectivity index (χ4n) is 2.40. The van der Waals surface area contributed by atoms with Crippen LogP contribution in [0.2, 0.25) is 5.02 Å². The van der Waals surface area contributed by atoms with Gasteiger partial charge in [-0.1, -0.05) is 11.6 Å². The molecule has 0 bridgehead atoms. The minimum Gasteiger partial charge on any atom is -0.497 e. The lowest BCUT2D eigenvalue weighted by Gasteiger charge is -2.04. The molecule has 0 fully saturated rings. The zero-order valence-corrected chi connectivity index (χ0v) is 13.8. The van der Waals surface area contributed by atoms with E-state index in [1.54, 1.807) is 49.6 Å². The van der Waals surface area contributed by atoms with E-state index in [-0.39, 0.29) is 17.5 Å². The fourth-order valence-corrected chi connectivity index (χ4v) is 2.52. The molecule has 1 N–H and O–H groups in total. The minimum atomic E-state index is -0.342. The molecule has 1 aromatic heterocycles. The van der Waals surface area contributed by atoms with Crippen LogP contribution in [0.1, 0.15) is 23.0 Å². The Morgan fingerprint density at radius 3 is 2.46 bits per heavy atom. The van der Waals surface area contributed by atoms with E-state index in [4.69, 9.17) is 20.8 Å². The summed E-state index contributed by atoms with van der Waals surface area (Å²) in [5, 5.41) is 3.80. The molecule has 1 heterocycles. The third kappa shape index (κ3) is 2.98. The predicted octanol–water partition coefficient (Wildman–Crippen LogP) is 4.28. The van der Waals surface area contributed by atoms with Gasteiger partial charge in [0.1, 0.15) is 11.3 Å². The van der Waals surface area contributed by atoms with Crippen molar-refractivity contribution in [1.29, 1.82) is 0 Å². The summed E-state index contributed by atoms with van der Waals surface area (Å²) < 4.78 is 10.9. The molecule has 2 aromatic carbocycles. The van der Waals surface area contributed by atoms with Crippen molar-refractivity contribution in [2.75, 3.05) is 12.4 Å². The second kappa shape index (κ2) is 6.37. The normalized spacial score (nSPS) is 10.6. The first kappa shape index (κ1) is 16.1. The summed E-state index contributed by atoms with van der Waals surface area (Å²) in [5.74, 6) is 0.0208. The highest BCUT2D eigenvalue weighted by Crippen LogP contribution is 2.35. The predicted molar refractivity (Wildman–Crippen MR) is 92.0 cm³/mol. The number of furan rings is 1. The monoisotopic (exact) mass is 343 g/mol. The highest BCUT2D eigenvalue weighted by Gasteiger charge is 2.23. The number of benzene rings is 2. The molecule has 0 saturated heterocycles. The zero-order valence-electron chi connectivity index (χ0n) is 13.1. The number of fused-ring (bicyclic) bond motifs is 1. The molecule has 1 amide bonds. The first-order valence-electron chi connectivity index (χ1n) is 7.18. The van der Waals surface area contributed by atoms with Crippen molar-refractivity contribution in [2.24, 2.45) is 0 Å². The second-order valence-corrected chi connectivity index (χ2v) is 5.62. The van der Waals surface area contributed by atoms with Crippen LogP contribution in [-0.2, 0) is 4.79 Å². The lowest BCUT2D eigenvalue weighted by atomic mass is 10.1. The van der Waals surface area contributed by atoms with Crippen molar-refractivity contribution in [3.63, 3.8) is 0 Å². The van der Waals surface area contributed by atoms with Crippen LogP contribution in [-0.4, -0.2) is 18.8 Å². The standard InChI is InChI=1S/C18H14ClNO4/c1-10(21)20-16-14-9-13(23-2)7-8-15(14)24-18(16)17(22)11-3-5-12(19)6-4-11/h3-9H,1-2H3,(H,20,21). The van der Waals surface area contributed by atoms with E-state index < -0.39 is 0 Å². The van der Waals surface area contributed by atoms with E-state index in [9.17, 15) is 9.59 Å². The Morgan fingerprint density at radius 2 is 1.83 bits per heavy atom. The molecule has 0 aliphatic heterocycles. The Bertz CT molecular complexity index is 928. The van der Waals surface area contributed by atoms with Crippen molar-refractivity contribution in [2.45, 2.75) is 6.92 Å². The molecule has 0 saturated carbocycles. The Kier molecular flexibility index (Phi) is 4.27. The van der Waals surface area contributed by atoms with Gasteiger partial charge in [-0.15, -0.1) is 0 Å². The molecule has 0 radical (unpaired) electrons. The number of hydrogen-bond acceptors (Lipinski definition) is 4. The van der Waals surface area contributed by atoms with Crippen LogP contribution < -0.4 is 10.1 Å². The Morgan fingerprint density at radius 1 is 1.12 bits per heavy atom. The lowest BCUT2D eigenvalue weighted by Crippen LogP contribution is -2.10. The number of carbonyl (C=O) groups excluding carboxylic acids is 2. The van der Waals surface area contributed by atoms with E-state index in [1.807, 2.05) is 0 Å².